The topological polar surface area (TPSA) is 57.2 Å². The normalized spacial score (nSPS) is 10.3. The number of hydrogen-bond acceptors (Lipinski definition) is 3. The van der Waals surface area contributed by atoms with Crippen LogP contribution in [-0.2, 0) is 11.3 Å². The molecule has 0 bridgehead atoms. The first-order valence-corrected chi connectivity index (χ1v) is 4.11. The largest absolute Gasteiger partial charge is 0.397 e. The number of aromatic nitrogens is 1. The van der Waals surface area contributed by atoms with E-state index in [1.807, 2.05) is 6.92 Å². The molecule has 2 N–H and O–H groups in total. The Hall–Kier alpha value is -1.29. The van der Waals surface area contributed by atoms with E-state index < -0.39 is 0 Å². The van der Waals surface area contributed by atoms with E-state index in [2.05, 4.69) is 0 Å². The molecule has 4 heteroatoms. The lowest BCUT2D eigenvalue weighted by Gasteiger charge is -2.10. The van der Waals surface area contributed by atoms with Crippen molar-refractivity contribution in [3.8, 4) is 0 Å². The van der Waals surface area contributed by atoms with Gasteiger partial charge < -0.3 is 15.0 Å². The molecule has 0 unspecified atom stereocenters. The lowest BCUT2D eigenvalue weighted by atomic mass is 10.3. The third kappa shape index (κ3) is 2.09. The van der Waals surface area contributed by atoms with Crippen LogP contribution in [0, 0.1) is 6.92 Å². The minimum atomic E-state index is -0.0382. The van der Waals surface area contributed by atoms with Crippen LogP contribution < -0.4 is 11.3 Å². The number of nitrogen functional groups attached to an aromatic ring is 1. The Bertz CT molecular complexity index is 344. The van der Waals surface area contributed by atoms with Crippen molar-refractivity contribution in [2.45, 2.75) is 13.5 Å². The van der Waals surface area contributed by atoms with Crippen molar-refractivity contribution >= 4 is 5.69 Å². The Kier molecular flexibility index (Phi) is 3.08. The molecule has 0 spiro atoms. The van der Waals surface area contributed by atoms with E-state index in [0.717, 1.165) is 5.69 Å². The second kappa shape index (κ2) is 4.09. The molecule has 0 atom stereocenters. The van der Waals surface area contributed by atoms with Crippen LogP contribution >= 0.6 is 0 Å². The number of anilines is 1. The van der Waals surface area contributed by atoms with Gasteiger partial charge in [0, 0.05) is 25.4 Å². The first-order chi connectivity index (χ1) is 6.16. The number of nitrogens with zero attached hydrogens (tertiary/aromatic N) is 1. The van der Waals surface area contributed by atoms with Crippen LogP contribution in [0.2, 0.25) is 0 Å². The summed E-state index contributed by atoms with van der Waals surface area (Å²) in [7, 11) is 1.60. The summed E-state index contributed by atoms with van der Waals surface area (Å²) in [6.45, 7) is 2.89. The van der Waals surface area contributed by atoms with Gasteiger partial charge in [-0.2, -0.15) is 0 Å². The minimum Gasteiger partial charge on any atom is -0.397 e. The second-order valence-electron chi connectivity index (χ2n) is 2.86. The van der Waals surface area contributed by atoms with E-state index in [-0.39, 0.29) is 5.56 Å². The van der Waals surface area contributed by atoms with Crippen LogP contribution in [0.5, 0.6) is 0 Å². The van der Waals surface area contributed by atoms with Gasteiger partial charge in [0.05, 0.1) is 12.3 Å². The van der Waals surface area contributed by atoms with Crippen LogP contribution in [0.3, 0.4) is 0 Å². The van der Waals surface area contributed by atoms with Crippen molar-refractivity contribution in [1.29, 1.82) is 0 Å². The molecular formula is C9H14N2O2. The average Bonchev–Trinajstić information content (AvgIpc) is 2.12. The summed E-state index contributed by atoms with van der Waals surface area (Å²) in [6.07, 6.45) is 0. The molecular weight excluding hydrogens is 168 g/mol. The SMILES string of the molecule is COCCn1c(C)c(N)ccc1=O. The van der Waals surface area contributed by atoms with Crippen molar-refractivity contribution in [1.82, 2.24) is 4.57 Å². The highest BCUT2D eigenvalue weighted by Crippen LogP contribution is 2.05. The Morgan fingerprint density at radius 3 is 2.85 bits per heavy atom. The van der Waals surface area contributed by atoms with E-state index >= 15 is 0 Å². The lowest BCUT2D eigenvalue weighted by molar-refractivity contribution is 0.185. The zero-order valence-corrected chi connectivity index (χ0v) is 7.91. The Labute approximate surface area is 76.9 Å². The van der Waals surface area contributed by atoms with Gasteiger partial charge in [0.1, 0.15) is 0 Å². The second-order valence-corrected chi connectivity index (χ2v) is 2.86. The Balaban J connectivity index is 3.03. The molecule has 0 amide bonds. The highest BCUT2D eigenvalue weighted by molar-refractivity contribution is 5.41. The van der Waals surface area contributed by atoms with Crippen LogP contribution in [-0.4, -0.2) is 18.3 Å². The minimum absolute atomic E-state index is 0.0382. The summed E-state index contributed by atoms with van der Waals surface area (Å²) < 4.78 is 6.51. The van der Waals surface area contributed by atoms with Crippen LogP contribution in [0.15, 0.2) is 16.9 Å². The molecule has 1 rings (SSSR count). The first kappa shape index (κ1) is 9.80. The van der Waals surface area contributed by atoms with Gasteiger partial charge >= 0.3 is 0 Å². The van der Waals surface area contributed by atoms with Crippen molar-refractivity contribution in [2.75, 3.05) is 19.5 Å². The van der Waals surface area contributed by atoms with Gasteiger partial charge in [-0.25, -0.2) is 0 Å². The molecule has 0 aromatic carbocycles. The molecule has 1 heterocycles. The summed E-state index contributed by atoms with van der Waals surface area (Å²) in [4.78, 5) is 11.3. The molecule has 13 heavy (non-hydrogen) atoms. The lowest BCUT2D eigenvalue weighted by Crippen LogP contribution is -2.24. The summed E-state index contributed by atoms with van der Waals surface area (Å²) in [6, 6.07) is 3.10. The molecule has 0 aliphatic carbocycles. The predicted molar refractivity (Wildman–Crippen MR) is 51.7 cm³/mol. The number of rotatable bonds is 3. The monoisotopic (exact) mass is 182 g/mol. The number of pyridine rings is 1. The van der Waals surface area contributed by atoms with Crippen molar-refractivity contribution < 1.29 is 4.74 Å². The standard InChI is InChI=1S/C9H14N2O2/c1-7-8(10)3-4-9(12)11(7)5-6-13-2/h3-4H,5-6,10H2,1-2H3. The van der Waals surface area contributed by atoms with Gasteiger partial charge in [0.25, 0.3) is 5.56 Å². The molecule has 0 saturated heterocycles. The Morgan fingerprint density at radius 1 is 1.54 bits per heavy atom. The van der Waals surface area contributed by atoms with Crippen LogP contribution in [0.25, 0.3) is 0 Å². The highest BCUT2D eigenvalue weighted by Gasteiger charge is 2.01. The number of ether oxygens (including phenoxy) is 1. The highest BCUT2D eigenvalue weighted by atomic mass is 16.5. The van der Waals surface area contributed by atoms with Gasteiger partial charge in [0.2, 0.25) is 0 Å². The van der Waals surface area contributed by atoms with E-state index in [9.17, 15) is 4.79 Å². The van der Waals surface area contributed by atoms with Crippen LogP contribution in [0.1, 0.15) is 5.69 Å². The molecule has 0 saturated carbocycles. The summed E-state index contributed by atoms with van der Waals surface area (Å²) in [5.41, 5.74) is 7.05. The van der Waals surface area contributed by atoms with Gasteiger partial charge in [0.15, 0.2) is 0 Å². The zero-order valence-electron chi connectivity index (χ0n) is 7.91. The fourth-order valence-electron chi connectivity index (χ4n) is 1.15. The summed E-state index contributed by atoms with van der Waals surface area (Å²) in [5.74, 6) is 0. The van der Waals surface area contributed by atoms with E-state index in [1.54, 1.807) is 17.7 Å². The quantitative estimate of drug-likeness (QED) is 0.735. The predicted octanol–water partition coefficient (Wildman–Crippen LogP) is 0.385. The smallest absolute Gasteiger partial charge is 0.250 e. The zero-order chi connectivity index (χ0) is 9.84. The third-order valence-corrected chi connectivity index (χ3v) is 2.01. The van der Waals surface area contributed by atoms with Gasteiger partial charge in [-0.3, -0.25) is 4.79 Å². The van der Waals surface area contributed by atoms with E-state index in [1.165, 1.54) is 6.07 Å². The summed E-state index contributed by atoms with van der Waals surface area (Å²) in [5, 5.41) is 0. The number of methoxy groups -OCH3 is 1. The number of nitrogens with two attached hydrogens (primary N) is 1. The Morgan fingerprint density at radius 2 is 2.23 bits per heavy atom. The average molecular weight is 182 g/mol. The maximum Gasteiger partial charge on any atom is 0.250 e. The molecule has 1 aromatic rings. The fraction of sp³-hybridized carbons (Fsp3) is 0.444. The van der Waals surface area contributed by atoms with Gasteiger partial charge in [-0.05, 0) is 13.0 Å². The van der Waals surface area contributed by atoms with Gasteiger partial charge in [-0.15, -0.1) is 0 Å². The van der Waals surface area contributed by atoms with Crippen LogP contribution in [0.4, 0.5) is 5.69 Å². The van der Waals surface area contributed by atoms with Crippen molar-refractivity contribution in [2.24, 2.45) is 0 Å². The van der Waals surface area contributed by atoms with Gasteiger partial charge in [-0.1, -0.05) is 0 Å². The fourth-order valence-corrected chi connectivity index (χ4v) is 1.15. The molecule has 0 radical (unpaired) electrons. The third-order valence-electron chi connectivity index (χ3n) is 2.01. The molecule has 1 aromatic heterocycles. The maximum atomic E-state index is 11.3. The number of hydrogen-bond donors (Lipinski definition) is 1. The molecule has 0 fully saturated rings. The summed E-state index contributed by atoms with van der Waals surface area (Å²) >= 11 is 0. The maximum absolute atomic E-state index is 11.3. The molecule has 0 aliphatic heterocycles. The molecule has 0 aliphatic rings. The first-order valence-electron chi connectivity index (χ1n) is 4.11. The van der Waals surface area contributed by atoms with Crippen molar-refractivity contribution in [3.05, 3.63) is 28.2 Å². The van der Waals surface area contributed by atoms with E-state index in [0.29, 0.717) is 18.8 Å². The molecule has 72 valence electrons. The molecule has 4 nitrogen and oxygen atoms in total. The van der Waals surface area contributed by atoms with E-state index in [4.69, 9.17) is 10.5 Å². The van der Waals surface area contributed by atoms with Crippen molar-refractivity contribution in [3.63, 3.8) is 0 Å².